The van der Waals surface area contributed by atoms with E-state index in [0.717, 1.165) is 4.57 Å². The van der Waals surface area contributed by atoms with Crippen LogP contribution in [-0.2, 0) is 16.1 Å². The fourth-order valence-electron chi connectivity index (χ4n) is 5.52. The van der Waals surface area contributed by atoms with E-state index in [1.807, 2.05) is 6.08 Å². The molecule has 0 bridgehead atoms. The third-order valence-corrected chi connectivity index (χ3v) is 7.09. The minimum absolute atomic E-state index is 0.00415. The fraction of sp³-hybridized carbons (Fsp3) is 0.185. The van der Waals surface area contributed by atoms with Crippen LogP contribution in [0, 0.1) is 0 Å². The topological polar surface area (TPSA) is 103 Å². The number of carbonyl (C=O) groups is 2. The quantitative estimate of drug-likeness (QED) is 0.461. The first-order valence-corrected chi connectivity index (χ1v) is 11.4. The van der Waals surface area contributed by atoms with Crippen molar-refractivity contribution in [3.63, 3.8) is 0 Å². The van der Waals surface area contributed by atoms with Gasteiger partial charge in [-0.1, -0.05) is 42.5 Å². The molecule has 0 amide bonds. The zero-order valence-electron chi connectivity index (χ0n) is 18.8. The first kappa shape index (κ1) is 21.1. The summed E-state index contributed by atoms with van der Waals surface area (Å²) >= 11 is 0. The van der Waals surface area contributed by atoms with Gasteiger partial charge in [0.05, 0.1) is 18.3 Å². The molecular weight excluding hydrogens is 446 g/mol. The summed E-state index contributed by atoms with van der Waals surface area (Å²) in [4.78, 5) is 53.3. The maximum Gasteiger partial charge on any atom is 0.352 e. The lowest BCUT2D eigenvalue weighted by atomic mass is 9.67. The van der Waals surface area contributed by atoms with Gasteiger partial charge in [0.25, 0.3) is 0 Å². The van der Waals surface area contributed by atoms with Crippen LogP contribution in [0.15, 0.2) is 98.6 Å². The van der Waals surface area contributed by atoms with Gasteiger partial charge in [-0.2, -0.15) is 0 Å². The zero-order valence-corrected chi connectivity index (χ0v) is 18.8. The molecule has 2 aliphatic carbocycles. The van der Waals surface area contributed by atoms with Crippen molar-refractivity contribution in [3.8, 4) is 11.4 Å². The molecule has 0 spiro atoms. The van der Waals surface area contributed by atoms with Crippen molar-refractivity contribution < 1.29 is 14.7 Å². The maximum atomic E-state index is 13.6. The number of hydrogen-bond acceptors (Lipinski definition) is 5. The predicted molar refractivity (Wildman–Crippen MR) is 128 cm³/mol. The van der Waals surface area contributed by atoms with Gasteiger partial charge >= 0.3 is 11.4 Å². The molecule has 0 unspecified atom stereocenters. The molecule has 8 nitrogen and oxygen atoms in total. The van der Waals surface area contributed by atoms with Gasteiger partial charge in [-0.25, -0.2) is 23.5 Å². The van der Waals surface area contributed by atoms with Crippen molar-refractivity contribution in [1.29, 1.82) is 0 Å². The van der Waals surface area contributed by atoms with E-state index < -0.39 is 23.3 Å². The van der Waals surface area contributed by atoms with Crippen LogP contribution < -0.4 is 11.4 Å². The molecule has 0 saturated heterocycles. The Morgan fingerprint density at radius 2 is 1.63 bits per heavy atom. The van der Waals surface area contributed by atoms with Gasteiger partial charge in [-0.3, -0.25) is 9.59 Å². The normalized spacial score (nSPS) is 21.2. The molecule has 2 atom stereocenters. The van der Waals surface area contributed by atoms with Gasteiger partial charge in [0.15, 0.2) is 11.6 Å². The van der Waals surface area contributed by atoms with Crippen molar-refractivity contribution >= 4 is 11.6 Å². The Morgan fingerprint density at radius 3 is 2.37 bits per heavy atom. The van der Waals surface area contributed by atoms with E-state index in [-0.39, 0.29) is 30.3 Å². The molecule has 0 fully saturated rings. The molecule has 3 aliphatic rings. The summed E-state index contributed by atoms with van der Waals surface area (Å²) in [6.07, 6.45) is 3.27. The second kappa shape index (κ2) is 7.53. The summed E-state index contributed by atoms with van der Waals surface area (Å²) in [5.74, 6) is -1.24. The second-order valence-corrected chi connectivity index (χ2v) is 8.99. The zero-order chi connectivity index (χ0) is 24.4. The number of fused-ring (bicyclic) bond motifs is 3. The Hall–Kier alpha value is -4.46. The number of aromatic nitrogens is 3. The number of phenols is 1. The molecule has 1 aliphatic heterocycles. The summed E-state index contributed by atoms with van der Waals surface area (Å²) in [5.41, 5.74) is 1.66. The third-order valence-electron chi connectivity index (χ3n) is 7.09. The molecule has 8 heteroatoms. The summed E-state index contributed by atoms with van der Waals surface area (Å²) in [5, 5.41) is 10.7. The lowest BCUT2D eigenvalue weighted by Gasteiger charge is -2.39. The Morgan fingerprint density at radius 1 is 0.914 bits per heavy atom. The number of para-hydroxylation sites is 2. The van der Waals surface area contributed by atoms with Crippen molar-refractivity contribution in [2.75, 3.05) is 0 Å². The highest BCUT2D eigenvalue weighted by Gasteiger charge is 2.45. The second-order valence-electron chi connectivity index (χ2n) is 8.99. The molecule has 3 aromatic rings. The molecule has 0 radical (unpaired) electrons. The highest BCUT2D eigenvalue weighted by molar-refractivity contribution is 6.23. The number of hydrogen-bond donors (Lipinski definition) is 1. The molecule has 2 aromatic carbocycles. The van der Waals surface area contributed by atoms with Gasteiger partial charge in [0.1, 0.15) is 5.75 Å². The smallest absolute Gasteiger partial charge is 0.352 e. The van der Waals surface area contributed by atoms with E-state index in [1.54, 1.807) is 55.5 Å². The molecule has 174 valence electrons. The summed E-state index contributed by atoms with van der Waals surface area (Å²) < 4.78 is 3.88. The Labute approximate surface area is 199 Å². The highest BCUT2D eigenvalue weighted by Crippen LogP contribution is 2.51. The Balaban J connectivity index is 1.61. The Kier molecular flexibility index (Phi) is 4.54. The molecular formula is C27H21N3O5. The molecule has 35 heavy (non-hydrogen) atoms. The van der Waals surface area contributed by atoms with Crippen LogP contribution in [0.2, 0.25) is 0 Å². The molecule has 0 saturated carbocycles. The van der Waals surface area contributed by atoms with Crippen LogP contribution in [-0.4, -0.2) is 30.6 Å². The van der Waals surface area contributed by atoms with Crippen LogP contribution in [0.25, 0.3) is 5.69 Å². The molecule has 1 aromatic heterocycles. The lowest BCUT2D eigenvalue weighted by molar-refractivity contribution is -0.116. The number of benzene rings is 2. The standard InChI is InChI=1S/C27H21N3O5/c1-15-13-22(32)19-14-20-17(23(24(19)25(15)33)18-9-5-6-10-21(18)31)11-12-28-26(34)29(27(35)30(20)28)16-7-3-2-4-8-16/h2-11,13,20,23,31H,12,14H2,1H3/t20-,23-/m1/s1. The largest absolute Gasteiger partial charge is 0.508 e. The van der Waals surface area contributed by atoms with E-state index in [0.29, 0.717) is 33.5 Å². The summed E-state index contributed by atoms with van der Waals surface area (Å²) in [6, 6.07) is 14.7. The minimum Gasteiger partial charge on any atom is -0.508 e. The van der Waals surface area contributed by atoms with E-state index in [9.17, 15) is 24.3 Å². The van der Waals surface area contributed by atoms with Gasteiger partial charge in [-0.15, -0.1) is 0 Å². The summed E-state index contributed by atoms with van der Waals surface area (Å²) in [7, 11) is 0. The van der Waals surface area contributed by atoms with Crippen LogP contribution in [0.3, 0.4) is 0 Å². The van der Waals surface area contributed by atoms with Crippen LogP contribution in [0.4, 0.5) is 0 Å². The van der Waals surface area contributed by atoms with Gasteiger partial charge in [-0.05, 0) is 36.8 Å². The Bertz CT molecular complexity index is 1650. The number of phenolic OH excluding ortho intramolecular Hbond substituents is 1. The molecule has 2 heterocycles. The first-order valence-electron chi connectivity index (χ1n) is 11.4. The number of ketones is 2. The van der Waals surface area contributed by atoms with Gasteiger partial charge in [0.2, 0.25) is 0 Å². The highest BCUT2D eigenvalue weighted by atomic mass is 16.3. The van der Waals surface area contributed by atoms with E-state index in [2.05, 4.69) is 0 Å². The van der Waals surface area contributed by atoms with Crippen molar-refractivity contribution in [2.24, 2.45) is 0 Å². The fourth-order valence-corrected chi connectivity index (χ4v) is 5.52. The number of nitrogens with zero attached hydrogens (tertiary/aromatic N) is 3. The number of carbonyl (C=O) groups excluding carboxylic acids is 2. The number of Topliss-reactive ketones (excluding diaryl/α,β-unsaturated/α-hetero) is 1. The first-order chi connectivity index (χ1) is 16.9. The minimum atomic E-state index is -0.708. The maximum absolute atomic E-state index is 13.6. The van der Waals surface area contributed by atoms with Crippen molar-refractivity contribution in [3.05, 3.63) is 116 Å². The van der Waals surface area contributed by atoms with Crippen molar-refractivity contribution in [1.82, 2.24) is 13.9 Å². The van der Waals surface area contributed by atoms with Crippen molar-refractivity contribution in [2.45, 2.75) is 31.8 Å². The number of rotatable bonds is 2. The lowest BCUT2D eigenvalue weighted by Crippen LogP contribution is -2.40. The van der Waals surface area contributed by atoms with E-state index >= 15 is 0 Å². The number of aromatic hydroxyl groups is 1. The average Bonchev–Trinajstić information content (AvgIpc) is 3.12. The predicted octanol–water partition coefficient (Wildman–Crippen LogP) is 2.57. The van der Waals surface area contributed by atoms with Crippen LogP contribution in [0.5, 0.6) is 5.75 Å². The van der Waals surface area contributed by atoms with Crippen LogP contribution in [0.1, 0.15) is 30.9 Å². The molecule has 6 rings (SSSR count). The van der Waals surface area contributed by atoms with Gasteiger partial charge < -0.3 is 5.11 Å². The average molecular weight is 467 g/mol. The van der Waals surface area contributed by atoms with E-state index in [1.165, 1.54) is 21.5 Å². The number of allylic oxidation sites excluding steroid dienone is 6. The van der Waals surface area contributed by atoms with E-state index in [4.69, 9.17) is 0 Å². The summed E-state index contributed by atoms with van der Waals surface area (Å²) in [6.45, 7) is 1.73. The SMILES string of the molecule is CC1=CC(=O)C2=C(C1=O)[C@@H](c1ccccc1O)C1=CCn3c(=O)n(-c4ccccc4)c(=O)n3[C@@H]1C2. The van der Waals surface area contributed by atoms with Crippen LogP contribution >= 0.6 is 0 Å². The van der Waals surface area contributed by atoms with Gasteiger partial charge in [0, 0.05) is 34.6 Å². The third kappa shape index (κ3) is 2.92. The monoisotopic (exact) mass is 467 g/mol. The molecule has 1 N–H and O–H groups in total.